The van der Waals surface area contributed by atoms with Crippen molar-refractivity contribution in [2.75, 3.05) is 5.32 Å². The molecule has 2 aromatic rings. The number of nitrogens with zero attached hydrogens (tertiary/aromatic N) is 3. The third kappa shape index (κ3) is 7.47. The molecule has 0 radical (unpaired) electrons. The first-order valence-corrected chi connectivity index (χ1v) is 15.5. The zero-order chi connectivity index (χ0) is 31.9. The van der Waals surface area contributed by atoms with Gasteiger partial charge < -0.3 is 20.6 Å². The monoisotopic (exact) mass is 629 g/mol. The first-order chi connectivity index (χ1) is 20.0. The standard InChI is InChI=1S/C30H40F5N5O2S/c1-7-8-19-12-9-15(2)40(19)28(41)23-24(43-27(39-23)16(3)37-17(4)29(5,6)42)21-14-36-22(13-20(21)26(31)32)38-25(18-10-11-18)30(33,34)35/h13-15,17-19,25-26,37,42H,3,7-12H2,1-2,4-6H3,(H,36,38). The largest absolute Gasteiger partial charge is 0.408 e. The molecular weight excluding hydrogens is 589 g/mol. The van der Waals surface area contributed by atoms with Crippen molar-refractivity contribution in [3.63, 3.8) is 0 Å². The van der Waals surface area contributed by atoms with Crippen molar-refractivity contribution < 1.29 is 31.9 Å². The number of halogens is 5. The maximum atomic E-state index is 14.5. The lowest BCUT2D eigenvalue weighted by atomic mass is 10.0. The molecule has 1 aliphatic carbocycles. The number of likely N-dealkylation sites (tertiary alicyclic amines) is 1. The first-order valence-electron chi connectivity index (χ1n) is 14.7. The van der Waals surface area contributed by atoms with Gasteiger partial charge in [0.15, 0.2) is 0 Å². The highest BCUT2D eigenvalue weighted by Crippen LogP contribution is 2.43. The molecule has 43 heavy (non-hydrogen) atoms. The number of nitrogens with one attached hydrogen (secondary N) is 2. The van der Waals surface area contributed by atoms with Gasteiger partial charge in [-0.3, -0.25) is 4.79 Å². The highest BCUT2D eigenvalue weighted by Gasteiger charge is 2.49. The predicted molar refractivity (Wildman–Crippen MR) is 158 cm³/mol. The van der Waals surface area contributed by atoms with Crippen LogP contribution in [-0.2, 0) is 0 Å². The lowest BCUT2D eigenvalue weighted by molar-refractivity contribution is -0.146. The Kier molecular flexibility index (Phi) is 9.75. The van der Waals surface area contributed by atoms with Crippen LogP contribution >= 0.6 is 11.3 Å². The number of thiazole rings is 1. The average Bonchev–Trinajstić information content (AvgIpc) is 3.54. The SMILES string of the molecule is C=C(NC(C)C(C)(C)O)c1nc(C(=O)N2C(C)CCC2CCC)c(-c2cnc(NC(C3CC3)C(F)(F)F)cc2C(F)F)s1. The average molecular weight is 630 g/mol. The Hall–Kier alpha value is -2.80. The Balaban J connectivity index is 1.78. The fraction of sp³-hybridized carbons (Fsp3) is 0.633. The minimum atomic E-state index is -4.56. The van der Waals surface area contributed by atoms with Gasteiger partial charge in [0.2, 0.25) is 0 Å². The van der Waals surface area contributed by atoms with Crippen LogP contribution in [0.4, 0.5) is 27.8 Å². The highest BCUT2D eigenvalue weighted by atomic mass is 32.1. The lowest BCUT2D eigenvalue weighted by Crippen LogP contribution is -2.43. The molecule has 7 nitrogen and oxygen atoms in total. The molecule has 2 fully saturated rings. The summed E-state index contributed by atoms with van der Waals surface area (Å²) in [5.41, 5.74) is -1.50. The molecule has 1 amide bonds. The van der Waals surface area contributed by atoms with Gasteiger partial charge in [0.05, 0.1) is 22.2 Å². The summed E-state index contributed by atoms with van der Waals surface area (Å²) in [7, 11) is 0. The smallest absolute Gasteiger partial charge is 0.388 e. The van der Waals surface area contributed by atoms with Crippen molar-refractivity contribution in [1.82, 2.24) is 20.2 Å². The zero-order valence-corrected chi connectivity index (χ0v) is 25.9. The molecule has 238 valence electrons. The van der Waals surface area contributed by atoms with E-state index in [0.717, 1.165) is 49.3 Å². The number of alkyl halides is 5. The summed E-state index contributed by atoms with van der Waals surface area (Å²) in [6.07, 6.45) is -2.49. The Morgan fingerprint density at radius 2 is 1.91 bits per heavy atom. The Bertz CT molecular complexity index is 1320. The van der Waals surface area contributed by atoms with Crippen molar-refractivity contribution in [2.45, 2.75) is 116 Å². The number of carbonyl (C=O) groups excluding carboxylic acids is 1. The second-order valence-electron chi connectivity index (χ2n) is 12.2. The normalized spacial score (nSPS) is 20.8. The minimum absolute atomic E-state index is 0.0250. The van der Waals surface area contributed by atoms with Gasteiger partial charge in [0.25, 0.3) is 12.3 Å². The zero-order valence-electron chi connectivity index (χ0n) is 25.1. The van der Waals surface area contributed by atoms with Gasteiger partial charge in [-0.15, -0.1) is 11.3 Å². The second-order valence-corrected chi connectivity index (χ2v) is 13.2. The minimum Gasteiger partial charge on any atom is -0.388 e. The first kappa shape index (κ1) is 33.1. The number of aliphatic hydroxyl groups is 1. The van der Waals surface area contributed by atoms with E-state index in [9.17, 15) is 31.9 Å². The van der Waals surface area contributed by atoms with Gasteiger partial charge in [-0.1, -0.05) is 19.9 Å². The molecule has 1 saturated heterocycles. The Labute approximate surface area is 253 Å². The van der Waals surface area contributed by atoms with E-state index in [1.54, 1.807) is 25.7 Å². The molecule has 2 aromatic heterocycles. The van der Waals surface area contributed by atoms with Crippen LogP contribution in [0, 0.1) is 5.92 Å². The molecule has 2 aliphatic rings. The summed E-state index contributed by atoms with van der Waals surface area (Å²) in [5, 5.41) is 16.0. The van der Waals surface area contributed by atoms with Gasteiger partial charge in [-0.2, -0.15) is 13.2 Å². The fourth-order valence-electron chi connectivity index (χ4n) is 5.43. The molecule has 0 aromatic carbocycles. The van der Waals surface area contributed by atoms with E-state index in [0.29, 0.717) is 18.5 Å². The molecule has 13 heteroatoms. The molecule has 1 aliphatic heterocycles. The molecule has 3 N–H and O–H groups in total. The molecule has 4 rings (SSSR count). The van der Waals surface area contributed by atoms with Crippen LogP contribution in [-0.4, -0.2) is 61.8 Å². The molecule has 4 atom stereocenters. The van der Waals surface area contributed by atoms with Crippen LogP contribution in [0.2, 0.25) is 0 Å². The molecule has 0 spiro atoms. The summed E-state index contributed by atoms with van der Waals surface area (Å²) in [5.74, 6) is -1.35. The summed E-state index contributed by atoms with van der Waals surface area (Å²) in [6.45, 7) is 13.0. The predicted octanol–water partition coefficient (Wildman–Crippen LogP) is 7.41. The second kappa shape index (κ2) is 12.7. The molecular formula is C30H40F5N5O2S. The number of aromatic nitrogens is 2. The number of amides is 1. The number of hydrogen-bond donors (Lipinski definition) is 3. The van der Waals surface area contributed by atoms with E-state index in [-0.39, 0.29) is 39.0 Å². The molecule has 0 bridgehead atoms. The maximum absolute atomic E-state index is 14.5. The van der Waals surface area contributed by atoms with Crippen LogP contribution in [0.25, 0.3) is 16.1 Å². The highest BCUT2D eigenvalue weighted by molar-refractivity contribution is 7.16. The van der Waals surface area contributed by atoms with Gasteiger partial charge >= 0.3 is 6.18 Å². The van der Waals surface area contributed by atoms with Crippen LogP contribution in [0.5, 0.6) is 0 Å². The third-order valence-electron chi connectivity index (χ3n) is 8.35. The van der Waals surface area contributed by atoms with Crippen LogP contribution in [0.1, 0.15) is 101 Å². The summed E-state index contributed by atoms with van der Waals surface area (Å²) in [4.78, 5) is 24.6. The maximum Gasteiger partial charge on any atom is 0.408 e. The lowest BCUT2D eigenvalue weighted by Gasteiger charge is -2.28. The van der Waals surface area contributed by atoms with Crippen LogP contribution in [0.3, 0.4) is 0 Å². The van der Waals surface area contributed by atoms with E-state index in [2.05, 4.69) is 27.2 Å². The molecule has 4 unspecified atom stereocenters. The third-order valence-corrected chi connectivity index (χ3v) is 9.49. The van der Waals surface area contributed by atoms with E-state index in [4.69, 9.17) is 0 Å². The number of pyridine rings is 1. The van der Waals surface area contributed by atoms with Gasteiger partial charge in [-0.25, -0.2) is 18.7 Å². The number of hydrogen-bond acceptors (Lipinski definition) is 7. The van der Waals surface area contributed by atoms with Gasteiger partial charge in [-0.05, 0) is 71.8 Å². The van der Waals surface area contributed by atoms with Gasteiger partial charge in [0, 0.05) is 29.4 Å². The van der Waals surface area contributed by atoms with Crippen LogP contribution in [0.15, 0.2) is 18.8 Å². The summed E-state index contributed by atoms with van der Waals surface area (Å²) < 4.78 is 69.9. The van der Waals surface area contributed by atoms with Crippen LogP contribution < -0.4 is 10.6 Å². The van der Waals surface area contributed by atoms with Crippen molar-refractivity contribution in [3.8, 4) is 10.4 Å². The van der Waals surface area contributed by atoms with E-state index in [1.807, 2.05) is 13.8 Å². The Morgan fingerprint density at radius 1 is 1.23 bits per heavy atom. The summed E-state index contributed by atoms with van der Waals surface area (Å²) >= 11 is 0.971. The van der Waals surface area contributed by atoms with Crippen molar-refractivity contribution in [3.05, 3.63) is 35.1 Å². The van der Waals surface area contributed by atoms with Crippen molar-refractivity contribution >= 4 is 28.8 Å². The summed E-state index contributed by atoms with van der Waals surface area (Å²) in [6, 6.07) is -1.53. The Morgan fingerprint density at radius 3 is 2.47 bits per heavy atom. The number of rotatable bonds is 12. The van der Waals surface area contributed by atoms with Crippen molar-refractivity contribution in [2.24, 2.45) is 5.92 Å². The van der Waals surface area contributed by atoms with E-state index in [1.165, 1.54) is 0 Å². The fourth-order valence-corrected chi connectivity index (χ4v) is 6.45. The van der Waals surface area contributed by atoms with Crippen molar-refractivity contribution in [1.29, 1.82) is 0 Å². The molecule has 3 heterocycles. The van der Waals surface area contributed by atoms with E-state index < -0.39 is 47.7 Å². The number of carbonyl (C=O) groups is 1. The quantitative estimate of drug-likeness (QED) is 0.212. The molecule has 1 saturated carbocycles. The topological polar surface area (TPSA) is 90.4 Å². The number of anilines is 1. The van der Waals surface area contributed by atoms with Gasteiger partial charge in [0.1, 0.15) is 22.6 Å². The van der Waals surface area contributed by atoms with E-state index >= 15 is 0 Å².